The molecule has 0 radical (unpaired) electrons. The number of likely N-dealkylation sites (N-methyl/N-ethyl adjacent to an activating group) is 1. The first kappa shape index (κ1) is 18.2. The van der Waals surface area contributed by atoms with E-state index >= 15 is 0 Å². The molecule has 2 atom stereocenters. The van der Waals surface area contributed by atoms with Gasteiger partial charge >= 0.3 is 0 Å². The number of nitrogens with zero attached hydrogens (tertiary/aromatic N) is 3. The van der Waals surface area contributed by atoms with Crippen molar-refractivity contribution < 1.29 is 0 Å². The van der Waals surface area contributed by atoms with Crippen molar-refractivity contribution in [1.82, 2.24) is 20.4 Å². The normalized spacial score (nSPS) is 24.1. The Kier molecular flexibility index (Phi) is 8.04. The first-order valence-corrected chi connectivity index (χ1v) is 8.45. The molecule has 1 heterocycles. The minimum atomic E-state index is 0.495. The third-order valence-corrected chi connectivity index (χ3v) is 4.33. The average molecular weight is 297 g/mol. The highest BCUT2D eigenvalue weighted by Gasteiger charge is 2.31. The fourth-order valence-electron chi connectivity index (χ4n) is 2.60. The molecule has 1 fully saturated rings. The van der Waals surface area contributed by atoms with E-state index in [0.29, 0.717) is 18.0 Å². The van der Waals surface area contributed by atoms with E-state index in [9.17, 15) is 0 Å². The first-order valence-electron chi connectivity index (χ1n) is 8.45. The predicted molar refractivity (Wildman–Crippen MR) is 91.9 cm³/mol. The summed E-state index contributed by atoms with van der Waals surface area (Å²) in [4.78, 5) is 9.53. The van der Waals surface area contributed by atoms with Crippen LogP contribution >= 0.6 is 0 Å². The molecule has 1 saturated heterocycles. The van der Waals surface area contributed by atoms with Crippen molar-refractivity contribution in [2.45, 2.75) is 46.7 Å². The van der Waals surface area contributed by atoms with Crippen molar-refractivity contribution in [3.63, 3.8) is 0 Å². The van der Waals surface area contributed by atoms with E-state index in [1.54, 1.807) is 0 Å². The van der Waals surface area contributed by atoms with E-state index in [2.05, 4.69) is 62.1 Å². The van der Waals surface area contributed by atoms with E-state index in [1.165, 1.54) is 6.54 Å². The summed E-state index contributed by atoms with van der Waals surface area (Å²) in [7, 11) is 2.13. The second kappa shape index (κ2) is 9.26. The lowest BCUT2D eigenvalue weighted by molar-refractivity contribution is 0.265. The number of hydrogen-bond acceptors (Lipinski definition) is 3. The first-order chi connectivity index (χ1) is 9.97. The van der Waals surface area contributed by atoms with E-state index < -0.39 is 0 Å². The molecule has 0 spiro atoms. The van der Waals surface area contributed by atoms with Gasteiger partial charge < -0.3 is 15.5 Å². The highest BCUT2D eigenvalue weighted by molar-refractivity contribution is 5.80. The van der Waals surface area contributed by atoms with Crippen LogP contribution in [0.15, 0.2) is 4.99 Å². The lowest BCUT2D eigenvalue weighted by Gasteiger charge is -2.22. The number of likely N-dealkylation sites (tertiary alicyclic amines) is 1. The van der Waals surface area contributed by atoms with Gasteiger partial charge in [-0.3, -0.25) is 9.89 Å². The van der Waals surface area contributed by atoms with Gasteiger partial charge in [-0.05, 0) is 40.3 Å². The zero-order valence-electron chi connectivity index (χ0n) is 14.8. The molecule has 1 aliphatic heterocycles. The van der Waals surface area contributed by atoms with Gasteiger partial charge in [0.05, 0.1) is 6.54 Å². The monoisotopic (exact) mass is 297 g/mol. The molecule has 5 heteroatoms. The summed E-state index contributed by atoms with van der Waals surface area (Å²) in [5, 5.41) is 6.99. The molecule has 2 unspecified atom stereocenters. The highest BCUT2D eigenvalue weighted by Crippen LogP contribution is 2.18. The summed E-state index contributed by atoms with van der Waals surface area (Å²) in [6.45, 7) is 17.3. The number of hydrogen-bond donors (Lipinski definition) is 2. The molecule has 0 amide bonds. The molecule has 0 saturated carbocycles. The van der Waals surface area contributed by atoms with Crippen LogP contribution in [0.1, 0.15) is 34.6 Å². The summed E-state index contributed by atoms with van der Waals surface area (Å²) >= 11 is 0. The molecule has 124 valence electrons. The number of guanidine groups is 1. The Morgan fingerprint density at radius 2 is 2.05 bits per heavy atom. The lowest BCUT2D eigenvalue weighted by Crippen LogP contribution is -2.47. The van der Waals surface area contributed by atoms with Crippen molar-refractivity contribution in [2.24, 2.45) is 10.9 Å². The molecule has 0 aromatic carbocycles. The van der Waals surface area contributed by atoms with Gasteiger partial charge in [-0.25, -0.2) is 0 Å². The fourth-order valence-corrected chi connectivity index (χ4v) is 2.60. The van der Waals surface area contributed by atoms with E-state index in [1.807, 2.05) is 0 Å². The molecule has 2 N–H and O–H groups in total. The molecule has 21 heavy (non-hydrogen) atoms. The molecule has 1 aliphatic rings. The molecule has 1 rings (SSSR count). The van der Waals surface area contributed by atoms with Crippen molar-refractivity contribution in [1.29, 1.82) is 0 Å². The summed E-state index contributed by atoms with van der Waals surface area (Å²) < 4.78 is 0. The zero-order valence-corrected chi connectivity index (χ0v) is 14.8. The third kappa shape index (κ3) is 6.22. The Morgan fingerprint density at radius 3 is 2.57 bits per heavy atom. The Morgan fingerprint density at radius 1 is 1.33 bits per heavy atom. The van der Waals surface area contributed by atoms with Crippen LogP contribution in [0.3, 0.4) is 0 Å². The molecule has 5 nitrogen and oxygen atoms in total. The second-order valence-corrected chi connectivity index (χ2v) is 6.43. The van der Waals surface area contributed by atoms with E-state index in [4.69, 9.17) is 4.99 Å². The Labute approximate surface area is 131 Å². The van der Waals surface area contributed by atoms with E-state index in [0.717, 1.165) is 38.7 Å². The third-order valence-electron chi connectivity index (χ3n) is 4.33. The van der Waals surface area contributed by atoms with Crippen LogP contribution in [0.4, 0.5) is 0 Å². The van der Waals surface area contributed by atoms with E-state index in [-0.39, 0.29) is 0 Å². The number of nitrogens with one attached hydrogen (secondary N) is 2. The Bertz CT molecular complexity index is 316. The fraction of sp³-hybridized carbons (Fsp3) is 0.938. The van der Waals surface area contributed by atoms with Crippen LogP contribution < -0.4 is 10.6 Å². The second-order valence-electron chi connectivity index (χ2n) is 6.43. The van der Waals surface area contributed by atoms with Crippen LogP contribution in [0.5, 0.6) is 0 Å². The van der Waals surface area contributed by atoms with Crippen molar-refractivity contribution >= 4 is 5.96 Å². The minimum Gasteiger partial charge on any atom is -0.357 e. The molecule has 0 aromatic heterocycles. The van der Waals surface area contributed by atoms with Gasteiger partial charge in [0.1, 0.15) is 0 Å². The van der Waals surface area contributed by atoms with Crippen molar-refractivity contribution in [3.05, 3.63) is 0 Å². The van der Waals surface area contributed by atoms with Crippen LogP contribution in [-0.4, -0.2) is 74.2 Å². The highest BCUT2D eigenvalue weighted by atomic mass is 15.3. The van der Waals surface area contributed by atoms with Crippen LogP contribution in [0.2, 0.25) is 0 Å². The molecule has 0 aromatic rings. The van der Waals surface area contributed by atoms with Gasteiger partial charge in [-0.2, -0.15) is 0 Å². The van der Waals surface area contributed by atoms with Gasteiger partial charge in [0.25, 0.3) is 0 Å². The van der Waals surface area contributed by atoms with Gasteiger partial charge in [-0.15, -0.1) is 0 Å². The smallest absolute Gasteiger partial charge is 0.191 e. The molecule has 0 bridgehead atoms. The van der Waals surface area contributed by atoms with Crippen molar-refractivity contribution in [2.75, 3.05) is 46.3 Å². The van der Waals surface area contributed by atoms with Gasteiger partial charge in [0, 0.05) is 38.3 Å². The SMILES string of the molecule is CCNC(=NCCN(C)CC)NC1CN(C(C)C)CC1C. The average Bonchev–Trinajstić information content (AvgIpc) is 2.80. The summed E-state index contributed by atoms with van der Waals surface area (Å²) in [5.74, 6) is 1.62. The van der Waals surface area contributed by atoms with Crippen LogP contribution in [-0.2, 0) is 0 Å². The number of rotatable bonds is 7. The molecular weight excluding hydrogens is 262 g/mol. The van der Waals surface area contributed by atoms with Gasteiger partial charge in [0.2, 0.25) is 0 Å². The quantitative estimate of drug-likeness (QED) is 0.548. The topological polar surface area (TPSA) is 42.9 Å². The minimum absolute atomic E-state index is 0.495. The zero-order chi connectivity index (χ0) is 15.8. The van der Waals surface area contributed by atoms with Crippen molar-refractivity contribution in [3.8, 4) is 0 Å². The maximum absolute atomic E-state index is 4.70. The van der Waals surface area contributed by atoms with Crippen LogP contribution in [0.25, 0.3) is 0 Å². The Hall–Kier alpha value is -0.810. The van der Waals surface area contributed by atoms with Gasteiger partial charge in [-0.1, -0.05) is 13.8 Å². The largest absolute Gasteiger partial charge is 0.357 e. The van der Waals surface area contributed by atoms with Crippen LogP contribution in [0, 0.1) is 5.92 Å². The summed E-state index contributed by atoms with van der Waals surface area (Å²) in [5.41, 5.74) is 0. The summed E-state index contributed by atoms with van der Waals surface area (Å²) in [6, 6.07) is 1.12. The number of aliphatic imine (C=N–C) groups is 1. The molecule has 0 aliphatic carbocycles. The predicted octanol–water partition coefficient (Wildman–Crippen LogP) is 1.22. The molecular formula is C16H35N5. The lowest BCUT2D eigenvalue weighted by atomic mass is 10.1. The summed E-state index contributed by atoms with van der Waals surface area (Å²) in [6.07, 6.45) is 0. The maximum atomic E-state index is 4.70. The standard InChI is InChI=1S/C16H35N5/c1-7-17-16(18-9-10-20(6)8-2)19-15-12-21(13(3)4)11-14(15)5/h13-15H,7-12H2,1-6H3,(H2,17,18,19). The Balaban J connectivity index is 2.51. The van der Waals surface area contributed by atoms with Gasteiger partial charge in [0.15, 0.2) is 5.96 Å². The maximum Gasteiger partial charge on any atom is 0.191 e.